The highest BCUT2D eigenvalue weighted by molar-refractivity contribution is 6.42. The quantitative estimate of drug-likeness (QED) is 0.725. The minimum atomic E-state index is -0.184. The fourth-order valence-corrected chi connectivity index (χ4v) is 4.32. The normalized spacial score (nSPS) is 25.0. The molecule has 0 aliphatic carbocycles. The Labute approximate surface area is 174 Å². The fraction of sp³-hybridized carbons (Fsp3) is 0.333. The summed E-state index contributed by atoms with van der Waals surface area (Å²) < 4.78 is 6.08. The van der Waals surface area contributed by atoms with Gasteiger partial charge in [0.25, 0.3) is 0 Å². The van der Waals surface area contributed by atoms with Gasteiger partial charge in [0.1, 0.15) is 0 Å². The van der Waals surface area contributed by atoms with Crippen LogP contribution in [0.3, 0.4) is 0 Å². The van der Waals surface area contributed by atoms with Gasteiger partial charge < -0.3 is 15.8 Å². The lowest BCUT2D eigenvalue weighted by Crippen LogP contribution is -2.36. The molecule has 0 aromatic heterocycles. The Kier molecular flexibility index (Phi) is 6.60. The summed E-state index contributed by atoms with van der Waals surface area (Å²) in [6.45, 7) is 2.07. The second kappa shape index (κ2) is 8.95. The molecule has 5 nitrogen and oxygen atoms in total. The third-order valence-electron chi connectivity index (χ3n) is 5.23. The summed E-state index contributed by atoms with van der Waals surface area (Å²) in [5, 5.41) is 3.89. The Morgan fingerprint density at radius 1 is 1.11 bits per heavy atom. The molecule has 0 saturated carbocycles. The number of halogens is 2. The number of carbonyl (C=O) groups is 2. The molecule has 0 radical (unpaired) electrons. The summed E-state index contributed by atoms with van der Waals surface area (Å²) >= 11 is 12.0. The van der Waals surface area contributed by atoms with E-state index in [1.54, 1.807) is 18.2 Å². The first-order valence-corrected chi connectivity index (χ1v) is 9.83. The number of hydrogen-bond acceptors (Lipinski definition) is 3. The summed E-state index contributed by atoms with van der Waals surface area (Å²) in [4.78, 5) is 21.6. The highest BCUT2D eigenvalue weighted by atomic mass is 35.5. The van der Waals surface area contributed by atoms with Crippen LogP contribution in [0, 0.1) is 12.8 Å². The maximum absolute atomic E-state index is 13.0. The van der Waals surface area contributed by atoms with E-state index in [4.69, 9.17) is 32.7 Å². The molecular formula is C21H22Cl2N2O3. The number of ether oxygens (including phenoxy) is 1. The van der Waals surface area contributed by atoms with Crippen LogP contribution < -0.4 is 11.1 Å². The zero-order chi connectivity index (χ0) is 20.3. The Balaban J connectivity index is 0.000000706. The third kappa shape index (κ3) is 4.32. The topological polar surface area (TPSA) is 81.4 Å². The smallest absolute Gasteiger partial charge is 0.230 e. The van der Waals surface area contributed by atoms with Crippen LogP contribution in [0.15, 0.2) is 42.5 Å². The summed E-state index contributed by atoms with van der Waals surface area (Å²) in [6.07, 6.45) is 2.31. The van der Waals surface area contributed by atoms with Crippen molar-refractivity contribution in [1.29, 1.82) is 0 Å². The molecule has 3 N–H and O–H groups in total. The Morgan fingerprint density at radius 2 is 1.75 bits per heavy atom. The van der Waals surface area contributed by atoms with Gasteiger partial charge in [-0.2, -0.15) is 0 Å². The van der Waals surface area contributed by atoms with E-state index in [1.165, 1.54) is 11.1 Å². The van der Waals surface area contributed by atoms with Gasteiger partial charge in [-0.05, 0) is 43.5 Å². The molecule has 28 heavy (non-hydrogen) atoms. The number of fused-ring (bicyclic) bond motifs is 2. The summed E-state index contributed by atoms with van der Waals surface area (Å²) in [6, 6.07) is 13.5. The third-order valence-corrected chi connectivity index (χ3v) is 5.96. The van der Waals surface area contributed by atoms with Gasteiger partial charge in [-0.3, -0.25) is 9.59 Å². The molecule has 2 saturated heterocycles. The predicted octanol–water partition coefficient (Wildman–Crippen LogP) is 4.30. The van der Waals surface area contributed by atoms with Crippen molar-refractivity contribution >= 4 is 41.2 Å². The van der Waals surface area contributed by atoms with Crippen molar-refractivity contribution < 1.29 is 14.3 Å². The SMILES string of the molecule is Cc1ccc(C2C3CCC(O3)C2C(=O)Nc2ccc(Cl)c(Cl)c2)cc1.NC=O. The van der Waals surface area contributed by atoms with Crippen molar-refractivity contribution in [2.75, 3.05) is 5.32 Å². The highest BCUT2D eigenvalue weighted by Gasteiger charge is 2.52. The number of anilines is 1. The molecule has 2 aliphatic heterocycles. The number of benzene rings is 2. The van der Waals surface area contributed by atoms with Gasteiger partial charge >= 0.3 is 0 Å². The van der Waals surface area contributed by atoms with Crippen molar-refractivity contribution in [3.05, 3.63) is 63.6 Å². The van der Waals surface area contributed by atoms with Crippen molar-refractivity contribution in [3.8, 4) is 0 Å². The zero-order valence-electron chi connectivity index (χ0n) is 15.4. The van der Waals surface area contributed by atoms with Gasteiger partial charge in [0, 0.05) is 11.6 Å². The van der Waals surface area contributed by atoms with Crippen LogP contribution in [0.4, 0.5) is 5.69 Å². The number of amides is 2. The largest absolute Gasteiger partial charge is 0.373 e. The first-order valence-electron chi connectivity index (χ1n) is 9.08. The molecule has 2 bridgehead atoms. The van der Waals surface area contributed by atoms with Crippen molar-refractivity contribution in [1.82, 2.24) is 0 Å². The van der Waals surface area contributed by atoms with Crippen LogP contribution >= 0.6 is 23.2 Å². The first-order chi connectivity index (χ1) is 13.4. The Hall–Kier alpha value is -2.08. The van der Waals surface area contributed by atoms with Gasteiger partial charge in [0.15, 0.2) is 0 Å². The zero-order valence-corrected chi connectivity index (χ0v) is 16.9. The summed E-state index contributed by atoms with van der Waals surface area (Å²) in [5.74, 6) is -0.103. The van der Waals surface area contributed by atoms with E-state index >= 15 is 0 Å². The predicted molar refractivity (Wildman–Crippen MR) is 111 cm³/mol. The fourth-order valence-electron chi connectivity index (χ4n) is 4.02. The van der Waals surface area contributed by atoms with E-state index in [1.807, 2.05) is 0 Å². The van der Waals surface area contributed by atoms with E-state index < -0.39 is 0 Å². The lowest BCUT2D eigenvalue weighted by atomic mass is 9.75. The molecule has 0 spiro atoms. The average molecular weight is 421 g/mol. The second-order valence-corrected chi connectivity index (χ2v) is 7.82. The molecule has 148 valence electrons. The van der Waals surface area contributed by atoms with Crippen molar-refractivity contribution in [2.45, 2.75) is 37.9 Å². The maximum atomic E-state index is 13.0. The second-order valence-electron chi connectivity index (χ2n) is 7.01. The molecular weight excluding hydrogens is 399 g/mol. The minimum Gasteiger partial charge on any atom is -0.373 e. The molecule has 2 amide bonds. The van der Waals surface area contributed by atoms with Gasteiger partial charge in [0.05, 0.1) is 28.2 Å². The standard InChI is InChI=1S/C20H19Cl2NO2.CH3NO/c1-11-2-4-12(5-3-11)18-16-8-9-17(25-16)19(18)20(24)23-13-6-7-14(21)15(22)10-13;2-1-3/h2-7,10,16-19H,8-9H2,1H3,(H,23,24);1H,(H2,2,3). The molecule has 4 rings (SSSR count). The van der Waals surface area contributed by atoms with Gasteiger partial charge in [-0.15, -0.1) is 0 Å². The molecule has 7 heteroatoms. The van der Waals surface area contributed by atoms with Crippen LogP contribution in [-0.2, 0) is 14.3 Å². The number of rotatable bonds is 3. The molecule has 2 heterocycles. The van der Waals surface area contributed by atoms with Gasteiger partial charge in [-0.1, -0.05) is 53.0 Å². The van der Waals surface area contributed by atoms with Gasteiger partial charge in [0.2, 0.25) is 12.3 Å². The van der Waals surface area contributed by atoms with Crippen LogP contribution in [0.25, 0.3) is 0 Å². The average Bonchev–Trinajstić information content (AvgIpc) is 3.27. The maximum Gasteiger partial charge on any atom is 0.230 e. The van der Waals surface area contributed by atoms with Crippen molar-refractivity contribution in [3.63, 3.8) is 0 Å². The van der Waals surface area contributed by atoms with Crippen LogP contribution in [0.1, 0.15) is 29.9 Å². The summed E-state index contributed by atoms with van der Waals surface area (Å²) in [7, 11) is 0. The summed E-state index contributed by atoms with van der Waals surface area (Å²) in [5.41, 5.74) is 7.21. The Morgan fingerprint density at radius 3 is 2.39 bits per heavy atom. The van der Waals surface area contributed by atoms with Crippen LogP contribution in [0.5, 0.6) is 0 Å². The Bertz CT molecular complexity index is 857. The van der Waals surface area contributed by atoms with Crippen molar-refractivity contribution in [2.24, 2.45) is 11.7 Å². The molecule has 4 atom stereocenters. The number of nitrogens with two attached hydrogens (primary N) is 1. The number of primary amides is 1. The monoisotopic (exact) mass is 420 g/mol. The van der Waals surface area contributed by atoms with E-state index in [0.29, 0.717) is 15.7 Å². The number of nitrogens with one attached hydrogen (secondary N) is 1. The number of hydrogen-bond donors (Lipinski definition) is 2. The lowest BCUT2D eigenvalue weighted by molar-refractivity contribution is -0.121. The van der Waals surface area contributed by atoms with Crippen LogP contribution in [0.2, 0.25) is 10.0 Å². The molecule has 2 aromatic rings. The lowest BCUT2D eigenvalue weighted by Gasteiger charge is -2.27. The number of aryl methyl sites for hydroxylation is 1. The van der Waals surface area contributed by atoms with E-state index in [0.717, 1.165) is 12.8 Å². The van der Waals surface area contributed by atoms with E-state index in [2.05, 4.69) is 42.2 Å². The molecule has 2 aromatic carbocycles. The number of carbonyl (C=O) groups excluding carboxylic acids is 2. The van der Waals surface area contributed by atoms with E-state index in [-0.39, 0.29) is 36.4 Å². The van der Waals surface area contributed by atoms with Gasteiger partial charge in [-0.25, -0.2) is 0 Å². The molecule has 4 unspecified atom stereocenters. The van der Waals surface area contributed by atoms with E-state index in [9.17, 15) is 4.79 Å². The highest BCUT2D eigenvalue weighted by Crippen LogP contribution is 2.49. The van der Waals surface area contributed by atoms with Crippen LogP contribution in [-0.4, -0.2) is 24.5 Å². The molecule has 2 fully saturated rings. The minimum absolute atomic E-state index is 0.0147. The molecule has 2 aliphatic rings. The first kappa shape index (κ1) is 20.6.